The fraction of sp³-hybridized carbons (Fsp3) is 0.500. The molecule has 2 aliphatic heterocycles. The van der Waals surface area contributed by atoms with Crippen molar-refractivity contribution in [2.24, 2.45) is 5.92 Å². The molecule has 0 aliphatic carbocycles. The van der Waals surface area contributed by atoms with Crippen LogP contribution in [0.1, 0.15) is 49.8 Å². The van der Waals surface area contributed by atoms with Gasteiger partial charge in [0, 0.05) is 38.6 Å². The molecule has 0 atom stereocenters. The number of piperidine rings is 1. The zero-order valence-electron chi connectivity index (χ0n) is 20.1. The molecule has 1 aromatic heterocycles. The van der Waals surface area contributed by atoms with E-state index in [0.717, 1.165) is 18.1 Å². The molecule has 0 bridgehead atoms. The highest BCUT2D eigenvalue weighted by atomic mass is 19.4. The van der Waals surface area contributed by atoms with E-state index in [1.165, 1.54) is 17.0 Å². The van der Waals surface area contributed by atoms with Crippen LogP contribution in [0.15, 0.2) is 48.8 Å². The molecule has 1 spiro atoms. The maximum absolute atomic E-state index is 13.7. The maximum Gasteiger partial charge on any atom is 0.416 e. The standard InChI is InChI=1S/C26H31F3N4O2/c1-19(2)8-12-33-24(35)32(18-21-6-4-11-30-16-21)23(34)25(33)9-13-31(14-10-25)17-20-5-3-7-22(15-20)26(27,28)29/h3-7,11,15-16,19H,8-10,12-14,17-18H2,1-2H3. The Morgan fingerprint density at radius 1 is 1.03 bits per heavy atom. The molecule has 4 rings (SSSR count). The number of alkyl halides is 3. The Hall–Kier alpha value is -2.94. The second-order valence-corrected chi connectivity index (χ2v) is 9.88. The molecule has 0 N–H and O–H groups in total. The van der Waals surface area contributed by atoms with Gasteiger partial charge >= 0.3 is 12.2 Å². The number of benzene rings is 1. The number of imide groups is 1. The third-order valence-electron chi connectivity index (χ3n) is 6.96. The monoisotopic (exact) mass is 488 g/mol. The fourth-order valence-corrected chi connectivity index (χ4v) is 4.96. The molecule has 2 aromatic rings. The molecular formula is C26H31F3N4O2. The zero-order chi connectivity index (χ0) is 25.2. The Balaban J connectivity index is 1.50. The number of pyridine rings is 1. The van der Waals surface area contributed by atoms with Crippen LogP contribution in [0.25, 0.3) is 0 Å². The molecule has 2 fully saturated rings. The first kappa shape index (κ1) is 25.2. The van der Waals surface area contributed by atoms with Crippen LogP contribution in [-0.4, -0.2) is 56.8 Å². The summed E-state index contributed by atoms with van der Waals surface area (Å²) in [5, 5.41) is 0. The average molecular weight is 489 g/mol. The van der Waals surface area contributed by atoms with Gasteiger partial charge in [0.25, 0.3) is 5.91 Å². The average Bonchev–Trinajstić information content (AvgIpc) is 3.00. The molecule has 3 heterocycles. The van der Waals surface area contributed by atoms with Gasteiger partial charge in [-0.05, 0) is 48.4 Å². The second kappa shape index (κ2) is 9.97. The highest BCUT2D eigenvalue weighted by molar-refractivity contribution is 6.07. The molecule has 0 radical (unpaired) electrons. The van der Waals surface area contributed by atoms with Gasteiger partial charge in [-0.2, -0.15) is 13.2 Å². The van der Waals surface area contributed by atoms with Crippen molar-refractivity contribution in [1.29, 1.82) is 0 Å². The third kappa shape index (κ3) is 5.34. The van der Waals surface area contributed by atoms with Crippen LogP contribution >= 0.6 is 0 Å². The minimum atomic E-state index is -4.38. The van der Waals surface area contributed by atoms with Crippen LogP contribution in [0, 0.1) is 5.92 Å². The van der Waals surface area contributed by atoms with Gasteiger partial charge in [-0.3, -0.25) is 19.6 Å². The van der Waals surface area contributed by atoms with Crippen LogP contribution in [0.5, 0.6) is 0 Å². The minimum absolute atomic E-state index is 0.180. The molecular weight excluding hydrogens is 457 g/mol. The summed E-state index contributed by atoms with van der Waals surface area (Å²) in [7, 11) is 0. The Labute approximate surface area is 203 Å². The lowest BCUT2D eigenvalue weighted by molar-refractivity contribution is -0.138. The van der Waals surface area contributed by atoms with E-state index in [0.29, 0.717) is 50.5 Å². The largest absolute Gasteiger partial charge is 0.416 e. The number of likely N-dealkylation sites (tertiary alicyclic amines) is 1. The number of urea groups is 1. The molecule has 0 saturated carbocycles. The Kier molecular flexibility index (Phi) is 7.17. The van der Waals surface area contributed by atoms with Crippen LogP contribution in [0.3, 0.4) is 0 Å². The second-order valence-electron chi connectivity index (χ2n) is 9.88. The van der Waals surface area contributed by atoms with Gasteiger partial charge in [-0.25, -0.2) is 4.79 Å². The highest BCUT2D eigenvalue weighted by Crippen LogP contribution is 2.39. The van der Waals surface area contributed by atoms with Crippen LogP contribution in [0.2, 0.25) is 0 Å². The molecule has 6 nitrogen and oxygen atoms in total. The topological polar surface area (TPSA) is 56.8 Å². The number of nitrogens with zero attached hydrogens (tertiary/aromatic N) is 4. The van der Waals surface area contributed by atoms with Crippen molar-refractivity contribution >= 4 is 11.9 Å². The SMILES string of the molecule is CC(C)CCN1C(=O)N(Cc2cccnc2)C(=O)C12CCN(Cc1cccc(C(F)(F)F)c1)CC2. The predicted molar refractivity (Wildman–Crippen MR) is 125 cm³/mol. The number of carbonyl (C=O) groups excluding carboxylic acids is 2. The van der Waals surface area contributed by atoms with Gasteiger partial charge in [-0.15, -0.1) is 0 Å². The van der Waals surface area contributed by atoms with Gasteiger partial charge in [0.15, 0.2) is 0 Å². The van der Waals surface area contributed by atoms with Gasteiger partial charge in [0.1, 0.15) is 5.54 Å². The molecule has 1 aromatic carbocycles. The van der Waals surface area contributed by atoms with E-state index in [9.17, 15) is 22.8 Å². The summed E-state index contributed by atoms with van der Waals surface area (Å²) in [5.41, 5.74) is -0.194. The molecule has 9 heteroatoms. The molecule has 3 amide bonds. The van der Waals surface area contributed by atoms with Gasteiger partial charge < -0.3 is 4.90 Å². The number of aromatic nitrogens is 1. The van der Waals surface area contributed by atoms with Crippen molar-refractivity contribution in [3.63, 3.8) is 0 Å². The fourth-order valence-electron chi connectivity index (χ4n) is 4.96. The predicted octanol–water partition coefficient (Wildman–Crippen LogP) is 4.95. The summed E-state index contributed by atoms with van der Waals surface area (Å²) in [6.07, 6.45) is 0.619. The first-order valence-electron chi connectivity index (χ1n) is 12.0. The van der Waals surface area contributed by atoms with Crippen molar-refractivity contribution in [3.05, 3.63) is 65.5 Å². The molecule has 35 heavy (non-hydrogen) atoms. The third-order valence-corrected chi connectivity index (χ3v) is 6.96. The van der Waals surface area contributed by atoms with E-state index in [1.54, 1.807) is 29.4 Å². The van der Waals surface area contributed by atoms with Crippen molar-refractivity contribution in [3.8, 4) is 0 Å². The summed E-state index contributed by atoms with van der Waals surface area (Å²) in [5.74, 6) is 0.192. The van der Waals surface area contributed by atoms with Gasteiger partial charge in [0.05, 0.1) is 12.1 Å². The Morgan fingerprint density at radius 2 is 1.74 bits per heavy atom. The van der Waals surface area contributed by atoms with E-state index in [4.69, 9.17) is 0 Å². The lowest BCUT2D eigenvalue weighted by atomic mass is 9.85. The number of amides is 3. The summed E-state index contributed by atoms with van der Waals surface area (Å²) in [6.45, 7) is 6.26. The lowest BCUT2D eigenvalue weighted by Gasteiger charge is -2.42. The summed E-state index contributed by atoms with van der Waals surface area (Å²) < 4.78 is 39.3. The molecule has 0 unspecified atom stereocenters. The summed E-state index contributed by atoms with van der Waals surface area (Å²) in [6, 6.07) is 8.71. The van der Waals surface area contributed by atoms with Gasteiger partial charge in [0.2, 0.25) is 0 Å². The first-order chi connectivity index (χ1) is 16.6. The normalized spacial score (nSPS) is 18.8. The van der Waals surface area contributed by atoms with E-state index >= 15 is 0 Å². The number of rotatable bonds is 7. The smallest absolute Gasteiger partial charge is 0.309 e. The summed E-state index contributed by atoms with van der Waals surface area (Å²) in [4.78, 5) is 36.3. The van der Waals surface area contributed by atoms with Crippen molar-refractivity contribution in [1.82, 2.24) is 19.7 Å². The molecule has 188 valence electrons. The van der Waals surface area contributed by atoms with Crippen molar-refractivity contribution in [2.45, 2.75) is 57.9 Å². The van der Waals surface area contributed by atoms with Gasteiger partial charge in [-0.1, -0.05) is 38.1 Å². The minimum Gasteiger partial charge on any atom is -0.309 e. The van der Waals surface area contributed by atoms with E-state index < -0.39 is 17.3 Å². The summed E-state index contributed by atoms with van der Waals surface area (Å²) >= 11 is 0. The Morgan fingerprint density at radius 3 is 2.37 bits per heavy atom. The number of hydrogen-bond donors (Lipinski definition) is 0. The van der Waals surface area contributed by atoms with Crippen LogP contribution < -0.4 is 0 Å². The van der Waals surface area contributed by atoms with Crippen molar-refractivity contribution in [2.75, 3.05) is 19.6 Å². The lowest BCUT2D eigenvalue weighted by Crippen LogP contribution is -2.56. The van der Waals surface area contributed by atoms with Crippen LogP contribution in [0.4, 0.5) is 18.0 Å². The van der Waals surface area contributed by atoms with Crippen molar-refractivity contribution < 1.29 is 22.8 Å². The van der Waals surface area contributed by atoms with E-state index in [1.807, 2.05) is 6.07 Å². The maximum atomic E-state index is 13.7. The number of carbonyl (C=O) groups is 2. The zero-order valence-corrected chi connectivity index (χ0v) is 20.1. The highest BCUT2D eigenvalue weighted by Gasteiger charge is 2.57. The number of hydrogen-bond acceptors (Lipinski definition) is 4. The molecule has 2 aliphatic rings. The quantitative estimate of drug-likeness (QED) is 0.518. The number of halogens is 3. The van der Waals surface area contributed by atoms with E-state index in [2.05, 4.69) is 23.7 Å². The van der Waals surface area contributed by atoms with Crippen LogP contribution in [-0.2, 0) is 24.1 Å². The van der Waals surface area contributed by atoms with E-state index in [-0.39, 0.29) is 18.5 Å². The first-order valence-corrected chi connectivity index (χ1v) is 12.0. The Bertz CT molecular complexity index is 1050. The molecule has 2 saturated heterocycles.